The summed E-state index contributed by atoms with van der Waals surface area (Å²) in [6.45, 7) is 1.65. The molecule has 0 radical (unpaired) electrons. The maximum Gasteiger partial charge on any atom is 0.337 e. The number of benzene rings is 1. The minimum Gasteiger partial charge on any atom is -0.481 e. The number of carbonyl (C=O) groups is 2. The summed E-state index contributed by atoms with van der Waals surface area (Å²) in [6.07, 6.45) is -0.944. The summed E-state index contributed by atoms with van der Waals surface area (Å²) in [5.41, 5.74) is 4.02. The third-order valence-electron chi connectivity index (χ3n) is 3.21. The predicted molar refractivity (Wildman–Crippen MR) is 67.7 cm³/mol. The second-order valence-corrected chi connectivity index (χ2v) is 4.53. The zero-order valence-electron chi connectivity index (χ0n) is 10.5. The van der Waals surface area contributed by atoms with Crippen molar-refractivity contribution in [2.45, 2.75) is 30.9 Å². The van der Waals surface area contributed by atoms with Gasteiger partial charge in [-0.3, -0.25) is 4.79 Å². The fraction of sp³-hybridized carbons (Fsp3) is 0.385. The van der Waals surface area contributed by atoms with Crippen molar-refractivity contribution in [3.63, 3.8) is 0 Å². The monoisotopic (exact) mass is 267 g/mol. The Labute approximate surface area is 110 Å². The average molecular weight is 267 g/mol. The van der Waals surface area contributed by atoms with Crippen LogP contribution in [0, 0.1) is 0 Å². The lowest BCUT2D eigenvalue weighted by atomic mass is 9.80. The van der Waals surface area contributed by atoms with E-state index in [-0.39, 0.29) is 0 Å². The standard InChI is InChI=1S/C13H17NO5/c1-8(9-5-3-2-4-6-9)11(14)13(19,12(17)18)7-10(15)16/h2-6,8,11,19H,7,14H2,1H3,(H,15,16)(H,17,18). The van der Waals surface area contributed by atoms with Gasteiger partial charge in [-0.1, -0.05) is 37.3 Å². The summed E-state index contributed by atoms with van der Waals surface area (Å²) >= 11 is 0. The third-order valence-corrected chi connectivity index (χ3v) is 3.21. The van der Waals surface area contributed by atoms with Crippen LogP contribution in [0.15, 0.2) is 30.3 Å². The van der Waals surface area contributed by atoms with Gasteiger partial charge in [-0.2, -0.15) is 0 Å². The highest BCUT2D eigenvalue weighted by atomic mass is 16.4. The van der Waals surface area contributed by atoms with Gasteiger partial charge < -0.3 is 21.1 Å². The van der Waals surface area contributed by atoms with Crippen LogP contribution in [-0.2, 0) is 9.59 Å². The molecule has 0 bridgehead atoms. The molecule has 19 heavy (non-hydrogen) atoms. The molecule has 0 saturated heterocycles. The first kappa shape index (κ1) is 15.1. The first-order valence-electron chi connectivity index (χ1n) is 5.77. The van der Waals surface area contributed by atoms with Crippen LogP contribution in [0.3, 0.4) is 0 Å². The number of carboxylic acids is 2. The Hall–Kier alpha value is -1.92. The molecule has 3 unspecified atom stereocenters. The molecule has 1 aromatic rings. The molecule has 0 aliphatic heterocycles. The van der Waals surface area contributed by atoms with Crippen molar-refractivity contribution in [2.75, 3.05) is 0 Å². The molecule has 0 amide bonds. The molecule has 0 aliphatic carbocycles. The van der Waals surface area contributed by atoms with Crippen molar-refractivity contribution in [3.05, 3.63) is 35.9 Å². The van der Waals surface area contributed by atoms with Crippen LogP contribution in [0.1, 0.15) is 24.8 Å². The van der Waals surface area contributed by atoms with Crippen molar-refractivity contribution in [1.29, 1.82) is 0 Å². The van der Waals surface area contributed by atoms with Gasteiger partial charge in [0.15, 0.2) is 5.60 Å². The zero-order valence-corrected chi connectivity index (χ0v) is 10.5. The number of hydrogen-bond donors (Lipinski definition) is 4. The number of aliphatic hydroxyl groups is 1. The lowest BCUT2D eigenvalue weighted by molar-refractivity contribution is -0.168. The van der Waals surface area contributed by atoms with Crippen LogP contribution in [0.2, 0.25) is 0 Å². The van der Waals surface area contributed by atoms with Crippen LogP contribution in [0.5, 0.6) is 0 Å². The molecule has 1 aromatic carbocycles. The van der Waals surface area contributed by atoms with Gasteiger partial charge >= 0.3 is 11.9 Å². The van der Waals surface area contributed by atoms with Crippen molar-refractivity contribution >= 4 is 11.9 Å². The summed E-state index contributed by atoms with van der Waals surface area (Å²) in [5.74, 6) is -3.55. The maximum atomic E-state index is 11.1. The quantitative estimate of drug-likeness (QED) is 0.592. The van der Waals surface area contributed by atoms with E-state index in [2.05, 4.69) is 0 Å². The SMILES string of the molecule is CC(c1ccccc1)C(N)C(O)(CC(=O)O)C(=O)O. The molecule has 1 rings (SSSR count). The van der Waals surface area contributed by atoms with Crippen LogP contribution < -0.4 is 5.73 Å². The van der Waals surface area contributed by atoms with Gasteiger partial charge in [0.25, 0.3) is 0 Å². The van der Waals surface area contributed by atoms with E-state index in [0.29, 0.717) is 0 Å². The van der Waals surface area contributed by atoms with Crippen molar-refractivity contribution < 1.29 is 24.9 Å². The summed E-state index contributed by atoms with van der Waals surface area (Å²) in [6, 6.07) is 7.57. The highest BCUT2D eigenvalue weighted by Gasteiger charge is 2.46. The maximum absolute atomic E-state index is 11.1. The smallest absolute Gasteiger partial charge is 0.337 e. The number of carboxylic acid groups (broad SMARTS) is 2. The molecule has 3 atom stereocenters. The van der Waals surface area contributed by atoms with Crippen LogP contribution >= 0.6 is 0 Å². The Bertz CT molecular complexity index is 461. The minimum atomic E-state index is -2.50. The lowest BCUT2D eigenvalue weighted by Crippen LogP contribution is -2.57. The molecular weight excluding hydrogens is 250 g/mol. The predicted octanol–water partition coefficient (Wildman–Crippen LogP) is 0.408. The fourth-order valence-corrected chi connectivity index (χ4v) is 1.94. The first-order chi connectivity index (χ1) is 8.79. The van der Waals surface area contributed by atoms with E-state index in [4.69, 9.17) is 15.9 Å². The first-order valence-corrected chi connectivity index (χ1v) is 5.77. The number of rotatable bonds is 6. The topological polar surface area (TPSA) is 121 Å². The van der Waals surface area contributed by atoms with Crippen LogP contribution in [0.4, 0.5) is 0 Å². The van der Waals surface area contributed by atoms with Gasteiger partial charge in [0, 0.05) is 0 Å². The fourth-order valence-electron chi connectivity index (χ4n) is 1.94. The van der Waals surface area contributed by atoms with Gasteiger partial charge in [0.05, 0.1) is 12.5 Å². The van der Waals surface area contributed by atoms with Gasteiger partial charge in [-0.25, -0.2) is 4.79 Å². The molecule has 0 fully saturated rings. The van der Waals surface area contributed by atoms with E-state index in [1.165, 1.54) is 0 Å². The van der Waals surface area contributed by atoms with E-state index in [0.717, 1.165) is 5.56 Å². The van der Waals surface area contributed by atoms with Gasteiger partial charge in [0.1, 0.15) is 0 Å². The van der Waals surface area contributed by atoms with E-state index in [1.807, 2.05) is 0 Å². The van der Waals surface area contributed by atoms with Crippen LogP contribution in [0.25, 0.3) is 0 Å². The Morgan fingerprint density at radius 1 is 1.26 bits per heavy atom. The Morgan fingerprint density at radius 3 is 2.21 bits per heavy atom. The Kier molecular flexibility index (Phi) is 4.63. The number of hydrogen-bond acceptors (Lipinski definition) is 4. The summed E-state index contributed by atoms with van der Waals surface area (Å²) in [4.78, 5) is 21.8. The molecule has 0 saturated carbocycles. The number of aliphatic carboxylic acids is 2. The second kappa shape index (κ2) is 5.81. The van der Waals surface area contributed by atoms with Crippen molar-refractivity contribution in [1.82, 2.24) is 0 Å². The van der Waals surface area contributed by atoms with Crippen molar-refractivity contribution in [2.24, 2.45) is 5.73 Å². The average Bonchev–Trinajstić information content (AvgIpc) is 2.36. The molecular formula is C13H17NO5. The van der Waals surface area contributed by atoms with Gasteiger partial charge in [-0.05, 0) is 11.5 Å². The normalized spacial score (nSPS) is 17.2. The molecule has 5 N–H and O–H groups in total. The van der Waals surface area contributed by atoms with E-state index < -0.39 is 35.9 Å². The lowest BCUT2D eigenvalue weighted by Gasteiger charge is -2.32. The van der Waals surface area contributed by atoms with Gasteiger partial charge in [0.2, 0.25) is 0 Å². The van der Waals surface area contributed by atoms with Crippen LogP contribution in [-0.4, -0.2) is 38.9 Å². The highest BCUT2D eigenvalue weighted by molar-refractivity contribution is 5.84. The molecule has 0 aliphatic rings. The molecule has 0 spiro atoms. The molecule has 0 heterocycles. The van der Waals surface area contributed by atoms with E-state index >= 15 is 0 Å². The molecule has 6 heteroatoms. The minimum absolute atomic E-state index is 0.498. The highest BCUT2D eigenvalue weighted by Crippen LogP contribution is 2.27. The molecule has 104 valence electrons. The number of nitrogens with two attached hydrogens (primary N) is 1. The second-order valence-electron chi connectivity index (χ2n) is 4.53. The summed E-state index contributed by atoms with van der Waals surface area (Å²) in [5, 5.41) is 27.8. The zero-order chi connectivity index (χ0) is 14.6. The van der Waals surface area contributed by atoms with Crippen molar-refractivity contribution in [3.8, 4) is 0 Å². The Balaban J connectivity index is 3.03. The summed E-state index contributed by atoms with van der Waals surface area (Å²) < 4.78 is 0. The molecule has 6 nitrogen and oxygen atoms in total. The van der Waals surface area contributed by atoms with E-state index in [9.17, 15) is 14.7 Å². The Morgan fingerprint density at radius 2 is 1.79 bits per heavy atom. The third kappa shape index (κ3) is 3.30. The van der Waals surface area contributed by atoms with Gasteiger partial charge in [-0.15, -0.1) is 0 Å². The molecule has 0 aromatic heterocycles. The van der Waals surface area contributed by atoms with E-state index in [1.54, 1.807) is 37.3 Å². The summed E-state index contributed by atoms with van der Waals surface area (Å²) in [7, 11) is 0. The largest absolute Gasteiger partial charge is 0.481 e.